The summed E-state index contributed by atoms with van der Waals surface area (Å²) >= 11 is 0. The zero-order valence-electron chi connectivity index (χ0n) is 13.6. The zero-order chi connectivity index (χ0) is 17.5. The van der Waals surface area contributed by atoms with Gasteiger partial charge in [0.25, 0.3) is 5.91 Å². The van der Waals surface area contributed by atoms with E-state index in [4.69, 9.17) is 0 Å². The van der Waals surface area contributed by atoms with Crippen molar-refractivity contribution in [1.29, 1.82) is 0 Å². The molecule has 2 fully saturated rings. The largest absolute Gasteiger partial charge is 0.335 e. The van der Waals surface area contributed by atoms with Crippen LogP contribution in [0, 0.1) is 5.92 Å². The van der Waals surface area contributed by atoms with Crippen molar-refractivity contribution >= 4 is 21.7 Å². The summed E-state index contributed by atoms with van der Waals surface area (Å²) < 4.78 is 24.3. The highest BCUT2D eigenvalue weighted by atomic mass is 32.2. The van der Waals surface area contributed by atoms with E-state index in [1.807, 2.05) is 0 Å². The molecule has 2 aliphatic heterocycles. The van der Waals surface area contributed by atoms with E-state index >= 15 is 0 Å². The zero-order valence-corrected chi connectivity index (χ0v) is 14.4. The van der Waals surface area contributed by atoms with Crippen molar-refractivity contribution in [3.8, 4) is 0 Å². The van der Waals surface area contributed by atoms with Gasteiger partial charge in [-0.1, -0.05) is 13.8 Å². The van der Waals surface area contributed by atoms with Crippen molar-refractivity contribution in [3.05, 3.63) is 24.3 Å². The summed E-state index contributed by atoms with van der Waals surface area (Å²) in [4.78, 5) is 36.1. The molecule has 0 radical (unpaired) electrons. The van der Waals surface area contributed by atoms with Gasteiger partial charge in [0.15, 0.2) is 9.84 Å². The maximum atomic E-state index is 12.7. The van der Waals surface area contributed by atoms with E-state index in [1.165, 1.54) is 23.5 Å². The standard InChI is InChI=1S/C15H20N4O4S/c1-10(2)14(20)18-5-6-19(13-9-24(22,23)8-12(13)18)15(21)11-7-16-3-4-17-11/h3-4,7,10,12-13H,5-6,8-9H2,1-2H3/t12-,13+/m1/s1. The van der Waals surface area contributed by atoms with Gasteiger partial charge in [0.2, 0.25) is 5.91 Å². The van der Waals surface area contributed by atoms with Gasteiger partial charge in [0, 0.05) is 31.4 Å². The lowest BCUT2D eigenvalue weighted by atomic mass is 10.0. The Labute approximate surface area is 140 Å². The molecule has 0 N–H and O–H groups in total. The number of aromatic nitrogens is 2. The predicted molar refractivity (Wildman–Crippen MR) is 85.8 cm³/mol. The minimum atomic E-state index is -3.29. The van der Waals surface area contributed by atoms with Crippen LogP contribution in [0.1, 0.15) is 24.3 Å². The molecule has 9 heteroatoms. The van der Waals surface area contributed by atoms with Crippen LogP contribution in [0.4, 0.5) is 0 Å². The van der Waals surface area contributed by atoms with Crippen LogP contribution in [0.2, 0.25) is 0 Å². The first-order valence-electron chi connectivity index (χ1n) is 7.88. The Bertz CT molecular complexity index is 750. The number of carbonyl (C=O) groups excluding carboxylic acids is 2. The summed E-state index contributed by atoms with van der Waals surface area (Å²) in [5.41, 5.74) is 0.184. The molecule has 1 aromatic rings. The van der Waals surface area contributed by atoms with Crippen LogP contribution in [0.3, 0.4) is 0 Å². The van der Waals surface area contributed by atoms with Gasteiger partial charge >= 0.3 is 0 Å². The Morgan fingerprint density at radius 3 is 2.33 bits per heavy atom. The molecule has 2 aliphatic rings. The third kappa shape index (κ3) is 3.00. The SMILES string of the molecule is CC(C)C(=O)N1CCN(C(=O)c2cnccn2)[C@H]2CS(=O)(=O)C[C@H]21. The van der Waals surface area contributed by atoms with Crippen molar-refractivity contribution in [2.45, 2.75) is 25.9 Å². The van der Waals surface area contributed by atoms with Crippen LogP contribution in [0.5, 0.6) is 0 Å². The average Bonchev–Trinajstić information content (AvgIpc) is 2.88. The van der Waals surface area contributed by atoms with Crippen LogP contribution in [-0.4, -0.2) is 76.7 Å². The van der Waals surface area contributed by atoms with Crippen molar-refractivity contribution < 1.29 is 18.0 Å². The number of rotatable bonds is 2. The molecular weight excluding hydrogens is 332 g/mol. The van der Waals surface area contributed by atoms with Gasteiger partial charge in [-0.15, -0.1) is 0 Å². The minimum Gasteiger partial charge on any atom is -0.335 e. The molecule has 0 unspecified atom stereocenters. The van der Waals surface area contributed by atoms with Crippen molar-refractivity contribution in [1.82, 2.24) is 19.8 Å². The summed E-state index contributed by atoms with van der Waals surface area (Å²) in [6.07, 6.45) is 4.26. The van der Waals surface area contributed by atoms with Crippen LogP contribution >= 0.6 is 0 Å². The number of fused-ring (bicyclic) bond motifs is 1. The lowest BCUT2D eigenvalue weighted by Crippen LogP contribution is -2.62. The molecule has 0 aromatic carbocycles. The normalized spacial score (nSPS) is 25.6. The van der Waals surface area contributed by atoms with Crippen LogP contribution < -0.4 is 0 Å². The first-order chi connectivity index (χ1) is 11.3. The van der Waals surface area contributed by atoms with Crippen molar-refractivity contribution in [2.24, 2.45) is 5.92 Å². The molecule has 2 amide bonds. The monoisotopic (exact) mass is 352 g/mol. The highest BCUT2D eigenvalue weighted by Gasteiger charge is 2.49. The van der Waals surface area contributed by atoms with Gasteiger partial charge in [0.05, 0.1) is 29.8 Å². The Balaban J connectivity index is 1.90. The molecule has 0 bridgehead atoms. The second-order valence-electron chi connectivity index (χ2n) is 6.49. The molecule has 3 heterocycles. The molecule has 2 saturated heterocycles. The second kappa shape index (κ2) is 6.12. The smallest absolute Gasteiger partial charge is 0.274 e. The van der Waals surface area contributed by atoms with E-state index in [2.05, 4.69) is 9.97 Å². The number of carbonyl (C=O) groups is 2. The highest BCUT2D eigenvalue weighted by Crippen LogP contribution is 2.29. The highest BCUT2D eigenvalue weighted by molar-refractivity contribution is 7.91. The van der Waals surface area contributed by atoms with Crippen molar-refractivity contribution in [2.75, 3.05) is 24.6 Å². The number of piperazine rings is 1. The van der Waals surface area contributed by atoms with E-state index in [-0.39, 0.29) is 34.9 Å². The Morgan fingerprint density at radius 1 is 1.12 bits per heavy atom. The van der Waals surface area contributed by atoms with Crippen LogP contribution in [-0.2, 0) is 14.6 Å². The maximum Gasteiger partial charge on any atom is 0.274 e. The third-order valence-corrected chi connectivity index (χ3v) is 6.19. The Hall–Kier alpha value is -2.03. The maximum absolute atomic E-state index is 12.7. The average molecular weight is 352 g/mol. The predicted octanol–water partition coefficient (Wildman–Crippen LogP) is -0.417. The fraction of sp³-hybridized carbons (Fsp3) is 0.600. The lowest BCUT2D eigenvalue weighted by Gasteiger charge is -2.44. The summed E-state index contributed by atoms with van der Waals surface area (Å²) in [5.74, 6) is -0.844. The van der Waals surface area contributed by atoms with E-state index in [9.17, 15) is 18.0 Å². The molecular formula is C15H20N4O4S. The quantitative estimate of drug-likeness (QED) is 0.717. The number of sulfone groups is 1. The third-order valence-electron chi connectivity index (χ3n) is 4.50. The van der Waals surface area contributed by atoms with E-state index in [0.717, 1.165) is 0 Å². The van der Waals surface area contributed by atoms with Gasteiger partial charge in [-0.25, -0.2) is 13.4 Å². The number of hydrogen-bond donors (Lipinski definition) is 0. The van der Waals surface area contributed by atoms with Gasteiger partial charge in [-0.05, 0) is 0 Å². The molecule has 0 aliphatic carbocycles. The van der Waals surface area contributed by atoms with Crippen LogP contribution in [0.25, 0.3) is 0 Å². The lowest BCUT2D eigenvalue weighted by molar-refractivity contribution is -0.139. The summed E-state index contributed by atoms with van der Waals surface area (Å²) in [5, 5.41) is 0. The molecule has 0 spiro atoms. The molecule has 24 heavy (non-hydrogen) atoms. The fourth-order valence-corrected chi connectivity index (χ4v) is 5.35. The molecule has 8 nitrogen and oxygen atoms in total. The fourth-order valence-electron chi connectivity index (χ4n) is 3.37. The first-order valence-corrected chi connectivity index (χ1v) is 9.70. The van der Waals surface area contributed by atoms with Crippen molar-refractivity contribution in [3.63, 3.8) is 0 Å². The minimum absolute atomic E-state index is 0.0753. The number of amides is 2. The van der Waals surface area contributed by atoms with Gasteiger partial charge < -0.3 is 9.80 Å². The second-order valence-corrected chi connectivity index (χ2v) is 8.64. The summed E-state index contributed by atoms with van der Waals surface area (Å²) in [6, 6.07) is -1.01. The van der Waals surface area contributed by atoms with E-state index in [1.54, 1.807) is 18.7 Å². The molecule has 0 saturated carbocycles. The Morgan fingerprint density at radius 2 is 1.75 bits per heavy atom. The van der Waals surface area contributed by atoms with E-state index in [0.29, 0.717) is 13.1 Å². The summed E-state index contributed by atoms with van der Waals surface area (Å²) in [6.45, 7) is 4.21. The topological polar surface area (TPSA) is 101 Å². The van der Waals surface area contributed by atoms with Gasteiger partial charge in [-0.2, -0.15) is 0 Å². The Kier molecular flexibility index (Phi) is 4.29. The van der Waals surface area contributed by atoms with E-state index < -0.39 is 21.9 Å². The van der Waals surface area contributed by atoms with Crippen LogP contribution in [0.15, 0.2) is 18.6 Å². The molecule has 2 atom stereocenters. The van der Waals surface area contributed by atoms with Gasteiger partial charge in [-0.3, -0.25) is 14.6 Å². The number of hydrogen-bond acceptors (Lipinski definition) is 6. The summed E-state index contributed by atoms with van der Waals surface area (Å²) in [7, 11) is -3.29. The molecule has 130 valence electrons. The van der Waals surface area contributed by atoms with Gasteiger partial charge in [0.1, 0.15) is 5.69 Å². The molecule has 1 aromatic heterocycles. The first kappa shape index (κ1) is 16.8. The molecule has 3 rings (SSSR count). The number of nitrogens with zero attached hydrogens (tertiary/aromatic N) is 4.